The van der Waals surface area contributed by atoms with Crippen molar-refractivity contribution in [2.75, 3.05) is 21.1 Å². The third-order valence-corrected chi connectivity index (χ3v) is 1.87. The number of halogens is 1. The minimum absolute atomic E-state index is 0. The molecule has 1 rings (SSSR count). The summed E-state index contributed by atoms with van der Waals surface area (Å²) in [5, 5.41) is 0. The number of hydrogen-bond donors (Lipinski definition) is 0. The van der Waals surface area contributed by atoms with Gasteiger partial charge in [0.05, 0.1) is 21.1 Å². The molecule has 84 valence electrons. The lowest BCUT2D eigenvalue weighted by Gasteiger charge is -2.23. The molecule has 0 aliphatic heterocycles. The first-order chi connectivity index (χ1) is 6.39. The summed E-state index contributed by atoms with van der Waals surface area (Å²) in [6, 6.07) is 7.52. The number of nitrogens with zero attached hydrogens (tertiary/aromatic N) is 1. The van der Waals surface area contributed by atoms with Crippen LogP contribution in [-0.2, 0) is 4.79 Å². The van der Waals surface area contributed by atoms with Gasteiger partial charge in [0.2, 0.25) is 0 Å². The molecule has 0 aliphatic rings. The fourth-order valence-electron chi connectivity index (χ4n) is 1.13. The van der Waals surface area contributed by atoms with Gasteiger partial charge in [-0.3, -0.25) is 9.28 Å². The van der Waals surface area contributed by atoms with E-state index in [4.69, 9.17) is 4.74 Å². The molecule has 3 nitrogen and oxygen atoms in total. The Morgan fingerprint density at radius 2 is 1.60 bits per heavy atom. The number of rotatable bonds is 2. The van der Waals surface area contributed by atoms with Crippen molar-refractivity contribution in [2.24, 2.45) is 0 Å². The van der Waals surface area contributed by atoms with Crippen molar-refractivity contribution in [1.82, 2.24) is 4.48 Å². The molecule has 0 amide bonds. The maximum Gasteiger partial charge on any atom is 0.308 e. The quantitative estimate of drug-likeness (QED) is 0.296. The van der Waals surface area contributed by atoms with Crippen molar-refractivity contribution in [1.29, 1.82) is 0 Å². The Bertz CT molecular complexity index is 327. The Balaban J connectivity index is 0.00000196. The molecular formula is C11H16INO2. The van der Waals surface area contributed by atoms with Gasteiger partial charge in [0.1, 0.15) is 11.4 Å². The topological polar surface area (TPSA) is 26.3 Å². The SMILES string of the molecule is CC(=O)Oc1ccc([N+](C)(C)C)cc1.[I-]. The van der Waals surface area contributed by atoms with Gasteiger partial charge in [-0.2, -0.15) is 0 Å². The molecule has 0 saturated carbocycles. The van der Waals surface area contributed by atoms with Crippen molar-refractivity contribution >= 4 is 11.7 Å². The third-order valence-electron chi connectivity index (χ3n) is 1.87. The van der Waals surface area contributed by atoms with Crippen LogP contribution in [-0.4, -0.2) is 27.1 Å². The van der Waals surface area contributed by atoms with E-state index in [-0.39, 0.29) is 29.9 Å². The van der Waals surface area contributed by atoms with Crippen molar-refractivity contribution in [2.45, 2.75) is 6.92 Å². The molecule has 15 heavy (non-hydrogen) atoms. The summed E-state index contributed by atoms with van der Waals surface area (Å²) in [7, 11) is 6.25. The monoisotopic (exact) mass is 321 g/mol. The average molecular weight is 321 g/mol. The molecular weight excluding hydrogens is 305 g/mol. The lowest BCUT2D eigenvalue weighted by atomic mass is 10.2. The van der Waals surface area contributed by atoms with Gasteiger partial charge < -0.3 is 28.7 Å². The molecule has 0 heterocycles. The third kappa shape index (κ3) is 4.61. The highest BCUT2D eigenvalue weighted by Crippen LogP contribution is 2.20. The van der Waals surface area contributed by atoms with Gasteiger partial charge in [-0.1, -0.05) is 0 Å². The Labute approximate surface area is 108 Å². The molecule has 0 N–H and O–H groups in total. The van der Waals surface area contributed by atoms with Crippen LogP contribution in [0.1, 0.15) is 6.92 Å². The predicted octanol–water partition coefficient (Wildman–Crippen LogP) is -1.19. The van der Waals surface area contributed by atoms with Gasteiger partial charge in [-0.15, -0.1) is 0 Å². The standard InChI is InChI=1S/C11H16NO2.HI/c1-9(13)14-11-7-5-10(6-8-11)12(2,3)4;/h5-8H,1-4H3;1H/q+1;/p-1. The van der Waals surface area contributed by atoms with E-state index in [1.807, 2.05) is 12.1 Å². The fraction of sp³-hybridized carbons (Fsp3) is 0.364. The number of quaternary nitrogens is 1. The second kappa shape index (κ2) is 5.46. The summed E-state index contributed by atoms with van der Waals surface area (Å²) in [5.41, 5.74) is 1.17. The first-order valence-electron chi connectivity index (χ1n) is 4.50. The minimum Gasteiger partial charge on any atom is -1.00 e. The number of ether oxygens (including phenoxy) is 1. The first kappa shape index (κ1) is 14.4. The number of carbonyl (C=O) groups is 1. The van der Waals surface area contributed by atoms with E-state index in [1.165, 1.54) is 12.6 Å². The Morgan fingerprint density at radius 3 is 1.93 bits per heavy atom. The first-order valence-corrected chi connectivity index (χ1v) is 4.50. The molecule has 0 unspecified atom stereocenters. The van der Waals surface area contributed by atoms with Crippen molar-refractivity contribution in [3.05, 3.63) is 24.3 Å². The molecule has 0 saturated heterocycles. The summed E-state index contributed by atoms with van der Waals surface area (Å²) in [5.74, 6) is 0.303. The number of esters is 1. The van der Waals surface area contributed by atoms with E-state index >= 15 is 0 Å². The summed E-state index contributed by atoms with van der Waals surface area (Å²) < 4.78 is 5.69. The van der Waals surface area contributed by atoms with Crippen LogP contribution in [0.4, 0.5) is 5.69 Å². The zero-order valence-corrected chi connectivity index (χ0v) is 11.6. The molecule has 0 spiro atoms. The zero-order chi connectivity index (χ0) is 10.8. The van der Waals surface area contributed by atoms with E-state index in [1.54, 1.807) is 12.1 Å². The normalized spacial score (nSPS) is 10.4. The van der Waals surface area contributed by atoms with Gasteiger partial charge in [0.25, 0.3) is 0 Å². The Hall–Kier alpha value is -0.620. The van der Waals surface area contributed by atoms with E-state index < -0.39 is 0 Å². The van der Waals surface area contributed by atoms with E-state index in [9.17, 15) is 4.79 Å². The van der Waals surface area contributed by atoms with Gasteiger partial charge >= 0.3 is 5.97 Å². The van der Waals surface area contributed by atoms with Gasteiger partial charge in [0, 0.05) is 19.1 Å². The second-order valence-electron chi connectivity index (χ2n) is 4.10. The Kier molecular flexibility index (Phi) is 5.23. The lowest BCUT2D eigenvalue weighted by Crippen LogP contribution is -3.00. The molecule has 0 atom stereocenters. The number of carbonyl (C=O) groups excluding carboxylic acids is 1. The highest BCUT2D eigenvalue weighted by Gasteiger charge is 2.11. The van der Waals surface area contributed by atoms with Crippen molar-refractivity contribution in [3.8, 4) is 5.75 Å². The second-order valence-corrected chi connectivity index (χ2v) is 4.10. The Morgan fingerprint density at radius 1 is 1.13 bits per heavy atom. The maximum absolute atomic E-state index is 10.7. The average Bonchev–Trinajstić information content (AvgIpc) is 2.02. The van der Waals surface area contributed by atoms with Crippen LogP contribution in [0.25, 0.3) is 0 Å². The minimum atomic E-state index is -0.289. The molecule has 4 heteroatoms. The van der Waals surface area contributed by atoms with E-state index in [0.717, 1.165) is 4.48 Å². The van der Waals surface area contributed by atoms with Crippen LogP contribution in [0.15, 0.2) is 24.3 Å². The molecule has 0 bridgehead atoms. The zero-order valence-electron chi connectivity index (χ0n) is 9.45. The number of hydrogen-bond acceptors (Lipinski definition) is 2. The van der Waals surface area contributed by atoms with Crippen LogP contribution in [0.3, 0.4) is 0 Å². The highest BCUT2D eigenvalue weighted by atomic mass is 127. The summed E-state index contributed by atoms with van der Waals surface area (Å²) in [6.45, 7) is 1.40. The van der Waals surface area contributed by atoms with E-state index in [2.05, 4.69) is 21.1 Å². The van der Waals surface area contributed by atoms with Crippen LogP contribution < -0.4 is 33.2 Å². The number of benzene rings is 1. The highest BCUT2D eigenvalue weighted by molar-refractivity contribution is 5.69. The summed E-state index contributed by atoms with van der Waals surface area (Å²) >= 11 is 0. The molecule has 0 aromatic heterocycles. The van der Waals surface area contributed by atoms with Gasteiger partial charge in [-0.25, -0.2) is 0 Å². The molecule has 0 radical (unpaired) electrons. The van der Waals surface area contributed by atoms with Crippen molar-refractivity contribution < 1.29 is 33.5 Å². The van der Waals surface area contributed by atoms with Crippen molar-refractivity contribution in [3.63, 3.8) is 0 Å². The van der Waals surface area contributed by atoms with Crippen LogP contribution in [0, 0.1) is 0 Å². The maximum atomic E-state index is 10.7. The van der Waals surface area contributed by atoms with Gasteiger partial charge in [0.15, 0.2) is 0 Å². The molecule has 0 aliphatic carbocycles. The molecule has 0 fully saturated rings. The lowest BCUT2D eigenvalue weighted by molar-refractivity contribution is -0.131. The predicted molar refractivity (Wildman–Crippen MR) is 57.3 cm³/mol. The fourth-order valence-corrected chi connectivity index (χ4v) is 1.13. The van der Waals surface area contributed by atoms with Crippen LogP contribution in [0.5, 0.6) is 5.75 Å². The smallest absolute Gasteiger partial charge is 0.308 e. The summed E-state index contributed by atoms with van der Waals surface area (Å²) in [6.07, 6.45) is 0. The summed E-state index contributed by atoms with van der Waals surface area (Å²) in [4.78, 5) is 10.7. The largest absolute Gasteiger partial charge is 1.00 e. The van der Waals surface area contributed by atoms with Crippen LogP contribution >= 0.6 is 0 Å². The molecule has 1 aromatic rings. The van der Waals surface area contributed by atoms with Crippen LogP contribution in [0.2, 0.25) is 0 Å². The van der Waals surface area contributed by atoms with E-state index in [0.29, 0.717) is 5.75 Å². The van der Waals surface area contributed by atoms with Gasteiger partial charge in [-0.05, 0) is 12.1 Å². The molecule has 1 aromatic carbocycles.